The Kier molecular flexibility index (Phi) is 4.70. The van der Waals surface area contributed by atoms with Gasteiger partial charge in [-0.05, 0) is 37.1 Å². The van der Waals surface area contributed by atoms with Gasteiger partial charge in [0.25, 0.3) is 0 Å². The number of aliphatic hydroxyl groups is 1. The van der Waals surface area contributed by atoms with Crippen LogP contribution in [-0.2, 0) is 0 Å². The molecule has 4 rings (SSSR count). The third kappa shape index (κ3) is 3.11. The molecular formula is C20H22FN3O5. The summed E-state index contributed by atoms with van der Waals surface area (Å²) < 4.78 is 22.5. The number of anilines is 1. The highest BCUT2D eigenvalue weighted by Gasteiger charge is 2.32. The highest BCUT2D eigenvalue weighted by atomic mass is 19.1. The minimum atomic E-state index is -1.35. The summed E-state index contributed by atoms with van der Waals surface area (Å²) >= 11 is 0. The number of hydrogen-bond acceptors (Lipinski definition) is 6. The van der Waals surface area contributed by atoms with E-state index >= 15 is 4.39 Å². The molecule has 1 aliphatic heterocycles. The van der Waals surface area contributed by atoms with Crippen LogP contribution in [0.3, 0.4) is 0 Å². The third-order valence-corrected chi connectivity index (χ3v) is 5.58. The Labute approximate surface area is 165 Å². The Hall–Kier alpha value is -3.07. The maximum atomic E-state index is 15.2. The molecule has 1 aromatic heterocycles. The van der Waals surface area contributed by atoms with Gasteiger partial charge in [0.2, 0.25) is 5.43 Å². The maximum Gasteiger partial charge on any atom is 0.341 e. The van der Waals surface area contributed by atoms with Gasteiger partial charge in [-0.2, -0.15) is 0 Å². The van der Waals surface area contributed by atoms with Crippen molar-refractivity contribution in [1.29, 1.82) is 0 Å². The Morgan fingerprint density at radius 2 is 2.10 bits per heavy atom. The molecule has 0 amide bonds. The summed E-state index contributed by atoms with van der Waals surface area (Å²) in [5, 5.41) is 19.4. The molecule has 2 aliphatic rings. The summed E-state index contributed by atoms with van der Waals surface area (Å²) in [5.41, 5.74) is 5.57. The molecule has 1 atom stereocenters. The molecule has 0 radical (unpaired) electrons. The smallest absolute Gasteiger partial charge is 0.341 e. The summed E-state index contributed by atoms with van der Waals surface area (Å²) in [4.78, 5) is 26.0. The molecule has 4 N–H and O–H groups in total. The second kappa shape index (κ2) is 7.07. The van der Waals surface area contributed by atoms with Crippen LogP contribution in [-0.4, -0.2) is 47.1 Å². The van der Waals surface area contributed by atoms with Crippen LogP contribution in [0.25, 0.3) is 10.9 Å². The van der Waals surface area contributed by atoms with Crippen molar-refractivity contribution in [2.45, 2.75) is 31.4 Å². The van der Waals surface area contributed by atoms with E-state index in [2.05, 4.69) is 0 Å². The Morgan fingerprint density at radius 3 is 2.69 bits per heavy atom. The van der Waals surface area contributed by atoms with E-state index in [9.17, 15) is 19.8 Å². The van der Waals surface area contributed by atoms with Crippen molar-refractivity contribution in [3.8, 4) is 5.75 Å². The predicted octanol–water partition coefficient (Wildman–Crippen LogP) is 1.60. The number of ether oxygens (including phenoxy) is 1. The normalized spacial score (nSPS) is 21.0. The molecule has 0 bridgehead atoms. The van der Waals surface area contributed by atoms with Crippen LogP contribution in [0.2, 0.25) is 0 Å². The van der Waals surface area contributed by atoms with Crippen molar-refractivity contribution in [3.05, 3.63) is 45.6 Å². The van der Waals surface area contributed by atoms with Gasteiger partial charge in [0.1, 0.15) is 11.3 Å². The summed E-state index contributed by atoms with van der Waals surface area (Å²) in [6, 6.07) is 1.11. The number of benzene rings is 1. The van der Waals surface area contributed by atoms with Crippen LogP contribution in [0.15, 0.2) is 28.8 Å². The molecule has 1 aromatic carbocycles. The van der Waals surface area contributed by atoms with Crippen molar-refractivity contribution in [2.75, 3.05) is 25.1 Å². The van der Waals surface area contributed by atoms with Gasteiger partial charge >= 0.3 is 5.97 Å². The molecule has 2 aromatic rings. The van der Waals surface area contributed by atoms with E-state index in [1.165, 1.54) is 19.5 Å². The lowest BCUT2D eigenvalue weighted by Gasteiger charge is -2.34. The highest BCUT2D eigenvalue weighted by Crippen LogP contribution is 2.44. The fraction of sp³-hybridized carbons (Fsp3) is 0.400. The van der Waals surface area contributed by atoms with Crippen LogP contribution >= 0.6 is 0 Å². The lowest BCUT2D eigenvalue weighted by molar-refractivity contribution is 0.0694. The molecule has 1 unspecified atom stereocenters. The van der Waals surface area contributed by atoms with E-state index in [4.69, 9.17) is 10.5 Å². The topological polar surface area (TPSA) is 118 Å². The second-order valence-corrected chi connectivity index (χ2v) is 7.42. The summed E-state index contributed by atoms with van der Waals surface area (Å²) in [6.45, 7) is 0.593. The number of aliphatic hydroxyl groups excluding tert-OH is 1. The predicted molar refractivity (Wildman–Crippen MR) is 105 cm³/mol. The minimum absolute atomic E-state index is 0.0264. The van der Waals surface area contributed by atoms with Gasteiger partial charge in [0.05, 0.1) is 24.1 Å². The Balaban J connectivity index is 1.99. The fourth-order valence-electron chi connectivity index (χ4n) is 3.95. The largest absolute Gasteiger partial charge is 0.492 e. The van der Waals surface area contributed by atoms with Gasteiger partial charge in [-0.25, -0.2) is 9.18 Å². The zero-order chi connectivity index (χ0) is 20.9. The lowest BCUT2D eigenvalue weighted by Crippen LogP contribution is -2.39. The Morgan fingerprint density at radius 1 is 1.38 bits per heavy atom. The first-order valence-corrected chi connectivity index (χ1v) is 9.39. The molecule has 1 aliphatic carbocycles. The van der Waals surface area contributed by atoms with Crippen molar-refractivity contribution < 1.29 is 24.1 Å². The van der Waals surface area contributed by atoms with Crippen molar-refractivity contribution in [3.63, 3.8) is 0 Å². The van der Waals surface area contributed by atoms with Crippen molar-refractivity contribution in [1.82, 2.24) is 4.57 Å². The number of nitrogens with two attached hydrogens (primary N) is 1. The molecule has 1 saturated heterocycles. The number of aromatic carboxylic acids is 1. The number of carbonyl (C=O) groups is 1. The number of rotatable bonds is 4. The van der Waals surface area contributed by atoms with E-state index in [0.29, 0.717) is 24.1 Å². The second-order valence-electron chi connectivity index (χ2n) is 7.42. The number of pyridine rings is 1. The van der Waals surface area contributed by atoms with Crippen molar-refractivity contribution >= 4 is 22.6 Å². The van der Waals surface area contributed by atoms with Crippen molar-refractivity contribution in [2.24, 2.45) is 5.73 Å². The van der Waals surface area contributed by atoms with Gasteiger partial charge in [-0.1, -0.05) is 0 Å². The zero-order valence-electron chi connectivity index (χ0n) is 15.9. The van der Waals surface area contributed by atoms with Gasteiger partial charge in [-0.3, -0.25) is 4.79 Å². The minimum Gasteiger partial charge on any atom is -0.492 e. The number of hydrogen-bond donors (Lipinski definition) is 3. The summed E-state index contributed by atoms with van der Waals surface area (Å²) in [5.74, 6) is -1.87. The first kappa shape index (κ1) is 19.3. The molecule has 29 heavy (non-hydrogen) atoms. The average molecular weight is 403 g/mol. The maximum absolute atomic E-state index is 15.2. The lowest BCUT2D eigenvalue weighted by atomic mass is 10.0. The molecule has 2 heterocycles. The van der Waals surface area contributed by atoms with E-state index in [1.807, 2.05) is 0 Å². The van der Waals surface area contributed by atoms with Gasteiger partial charge in [-0.15, -0.1) is 0 Å². The van der Waals surface area contributed by atoms with E-state index in [-0.39, 0.29) is 29.4 Å². The number of fused-ring (bicyclic) bond motifs is 1. The molecule has 8 nitrogen and oxygen atoms in total. The molecule has 9 heteroatoms. The third-order valence-electron chi connectivity index (χ3n) is 5.58. The number of carboxylic acid groups (broad SMARTS) is 1. The SMILES string of the molecule is COc1c(N2CCC(O)C(=CN)C2)c(F)cc2c(=O)c(C(=O)O)cn(C3CC3)c12. The van der Waals surface area contributed by atoms with Crippen LogP contribution in [0.1, 0.15) is 35.7 Å². The average Bonchev–Trinajstić information content (AvgIpc) is 3.53. The molecule has 1 saturated carbocycles. The van der Waals surface area contributed by atoms with Crippen LogP contribution in [0.4, 0.5) is 10.1 Å². The Bertz CT molecular complexity index is 1090. The molecule has 154 valence electrons. The number of piperidine rings is 1. The van der Waals surface area contributed by atoms with E-state index < -0.39 is 28.9 Å². The number of aromatic nitrogens is 1. The number of nitrogens with zero attached hydrogens (tertiary/aromatic N) is 2. The van der Waals surface area contributed by atoms with Gasteiger partial charge in [0.15, 0.2) is 11.6 Å². The number of halogens is 1. The first-order chi connectivity index (χ1) is 13.9. The van der Waals surface area contributed by atoms with Gasteiger partial charge in [0, 0.05) is 25.3 Å². The summed E-state index contributed by atoms with van der Waals surface area (Å²) in [7, 11) is 1.39. The zero-order valence-corrected chi connectivity index (χ0v) is 15.9. The summed E-state index contributed by atoms with van der Waals surface area (Å²) in [6.07, 6.45) is 4.00. The van der Waals surface area contributed by atoms with Crippen LogP contribution < -0.4 is 20.8 Å². The van der Waals surface area contributed by atoms with Crippen LogP contribution in [0.5, 0.6) is 5.75 Å². The van der Waals surface area contributed by atoms with E-state index in [1.54, 1.807) is 9.47 Å². The number of methoxy groups -OCH3 is 1. The van der Waals surface area contributed by atoms with E-state index in [0.717, 1.165) is 18.9 Å². The number of carboxylic acids is 1. The standard InChI is InChI=1S/C20H22FN3O5/c1-29-19-16-12(18(26)13(20(27)28)9-24(16)11-2-3-11)6-14(21)17(19)23-5-4-15(25)10(7-22)8-23/h6-7,9,11,15,25H,2-5,8,22H2,1H3,(H,27,28). The first-order valence-electron chi connectivity index (χ1n) is 9.39. The molecular weight excluding hydrogens is 381 g/mol. The van der Waals surface area contributed by atoms with Crippen LogP contribution in [0, 0.1) is 5.82 Å². The quantitative estimate of drug-likeness (QED) is 0.710. The highest BCUT2D eigenvalue weighted by molar-refractivity contribution is 5.97. The van der Waals surface area contributed by atoms with Gasteiger partial charge < -0.3 is 30.2 Å². The molecule has 0 spiro atoms. The monoisotopic (exact) mass is 403 g/mol. The fourth-order valence-corrected chi connectivity index (χ4v) is 3.95. The molecule has 2 fully saturated rings.